The van der Waals surface area contributed by atoms with E-state index in [9.17, 15) is 19.5 Å². The Kier molecular flexibility index (Phi) is 8.53. The third-order valence-corrected chi connectivity index (χ3v) is 7.17. The monoisotopic (exact) mass is 439 g/mol. The van der Waals surface area contributed by atoms with Gasteiger partial charge in [-0.3, -0.25) is 19.5 Å². The lowest BCUT2D eigenvalue weighted by molar-refractivity contribution is -0.483. The van der Waals surface area contributed by atoms with Gasteiger partial charge in [0.15, 0.2) is 5.78 Å². The van der Waals surface area contributed by atoms with Crippen LogP contribution in [0.3, 0.4) is 0 Å². The molecule has 0 aliphatic heterocycles. The number of carbonyl (C=O) groups is 1. The molecule has 2 aromatic carbocycles. The zero-order chi connectivity index (χ0) is 21.4. The first-order valence-electron chi connectivity index (χ1n) is 9.18. The van der Waals surface area contributed by atoms with Gasteiger partial charge in [-0.2, -0.15) is 0 Å². The fourth-order valence-corrected chi connectivity index (χ4v) is 5.71. The minimum Gasteiger partial charge on any atom is -0.308 e. The molecule has 0 aromatic heterocycles. The topological polar surface area (TPSA) is 95.7 Å². The summed E-state index contributed by atoms with van der Waals surface area (Å²) in [5.41, 5.74) is -0.813. The van der Waals surface area contributed by atoms with E-state index in [1.54, 1.807) is 68.4 Å². The fraction of sp³-hybridized carbons (Fsp3) is 0.350. The predicted octanol–water partition coefficient (Wildman–Crippen LogP) is 5.22. The first kappa shape index (κ1) is 23.2. The number of Topliss-reactive ketones (excluding diaryl/α,β-unsaturated/α-hetero) is 1. The molecule has 0 heterocycles. The number of nitrogens with zero attached hydrogens (tertiary/aromatic N) is 1. The Morgan fingerprint density at radius 3 is 2.14 bits per heavy atom. The van der Waals surface area contributed by atoms with Crippen LogP contribution in [-0.2, 0) is 13.6 Å². The van der Waals surface area contributed by atoms with E-state index in [0.29, 0.717) is 5.56 Å². The Labute approximate surface area is 174 Å². The van der Waals surface area contributed by atoms with Crippen LogP contribution in [0.1, 0.15) is 35.7 Å². The third kappa shape index (κ3) is 5.73. The molecule has 9 heteroatoms. The van der Waals surface area contributed by atoms with E-state index in [-0.39, 0.29) is 23.8 Å². The number of benzene rings is 2. The van der Waals surface area contributed by atoms with Gasteiger partial charge in [-0.05, 0) is 25.5 Å². The highest BCUT2D eigenvalue weighted by Crippen LogP contribution is 2.58. The van der Waals surface area contributed by atoms with Crippen molar-refractivity contribution in [2.75, 3.05) is 19.8 Å². The Morgan fingerprint density at radius 2 is 1.62 bits per heavy atom. The maximum absolute atomic E-state index is 13.7. The molecule has 0 amide bonds. The Hall–Kier alpha value is -2.05. The highest BCUT2D eigenvalue weighted by atomic mass is 35.5. The van der Waals surface area contributed by atoms with E-state index < -0.39 is 36.4 Å². The van der Waals surface area contributed by atoms with Gasteiger partial charge in [-0.25, -0.2) is 0 Å². The van der Waals surface area contributed by atoms with Crippen molar-refractivity contribution in [1.29, 1.82) is 0 Å². The molecule has 2 aromatic rings. The summed E-state index contributed by atoms with van der Waals surface area (Å²) in [6.45, 7) is 2.62. The van der Waals surface area contributed by atoms with Crippen LogP contribution in [0.4, 0.5) is 0 Å². The zero-order valence-electron chi connectivity index (χ0n) is 16.2. The van der Waals surface area contributed by atoms with E-state index >= 15 is 0 Å². The SMILES string of the molecule is CCOP(=O)(OCC)[C@H](C(=O)c1ccccc1)[C@@H](C[N+](=O)[O-])c1ccccc1Cl. The molecule has 0 N–H and O–H groups in total. The number of rotatable bonds is 11. The predicted molar refractivity (Wildman–Crippen MR) is 111 cm³/mol. The summed E-state index contributed by atoms with van der Waals surface area (Å²) in [7, 11) is -4.06. The van der Waals surface area contributed by atoms with Crippen LogP contribution >= 0.6 is 19.2 Å². The number of halogens is 1. The summed E-state index contributed by atoms with van der Waals surface area (Å²) < 4.78 is 24.6. The lowest BCUT2D eigenvalue weighted by Crippen LogP contribution is -2.34. The molecule has 0 spiro atoms. The molecule has 7 nitrogen and oxygen atoms in total. The Balaban J connectivity index is 2.70. The van der Waals surface area contributed by atoms with Crippen molar-refractivity contribution >= 4 is 25.0 Å². The molecule has 0 radical (unpaired) electrons. The fourth-order valence-electron chi connectivity index (χ4n) is 3.18. The molecule has 0 aliphatic rings. The van der Waals surface area contributed by atoms with Crippen LogP contribution in [-0.4, -0.2) is 36.1 Å². The molecule has 0 aliphatic carbocycles. The average Bonchev–Trinajstić information content (AvgIpc) is 2.68. The maximum Gasteiger partial charge on any atom is 0.342 e. The summed E-state index contributed by atoms with van der Waals surface area (Å²) in [5, 5.41) is 11.7. The van der Waals surface area contributed by atoms with Gasteiger partial charge >= 0.3 is 7.60 Å². The van der Waals surface area contributed by atoms with Crippen LogP contribution in [0.25, 0.3) is 0 Å². The first-order chi connectivity index (χ1) is 13.8. The van der Waals surface area contributed by atoms with Crippen molar-refractivity contribution in [3.63, 3.8) is 0 Å². The van der Waals surface area contributed by atoms with Gasteiger partial charge in [0, 0.05) is 15.5 Å². The van der Waals surface area contributed by atoms with E-state index in [0.717, 1.165) is 0 Å². The number of nitro groups is 1. The quantitative estimate of drug-likeness (QED) is 0.206. The van der Waals surface area contributed by atoms with Gasteiger partial charge in [-0.1, -0.05) is 60.1 Å². The van der Waals surface area contributed by atoms with Gasteiger partial charge < -0.3 is 9.05 Å². The summed E-state index contributed by atoms with van der Waals surface area (Å²) in [6, 6.07) is 14.7. The van der Waals surface area contributed by atoms with Crippen LogP contribution < -0.4 is 0 Å². The van der Waals surface area contributed by atoms with Crippen molar-refractivity contribution in [3.8, 4) is 0 Å². The van der Waals surface area contributed by atoms with Gasteiger partial charge in [-0.15, -0.1) is 0 Å². The largest absolute Gasteiger partial charge is 0.342 e. The standard InChI is InChI=1S/C20H23ClNO6P/c1-3-27-29(26,28-4-2)20(19(23)15-10-6-5-7-11-15)17(14-22(24)25)16-12-8-9-13-18(16)21/h5-13,17,20H,3-4,14H2,1-2H3/t17-,20-/m0/s1. The molecule has 0 bridgehead atoms. The van der Waals surface area contributed by atoms with Crippen molar-refractivity contribution < 1.29 is 23.3 Å². The van der Waals surface area contributed by atoms with E-state index in [4.69, 9.17) is 20.6 Å². The summed E-state index contributed by atoms with van der Waals surface area (Å²) in [6.07, 6.45) is 0. The van der Waals surface area contributed by atoms with Gasteiger partial charge in [0.25, 0.3) is 0 Å². The number of hydrogen-bond acceptors (Lipinski definition) is 6. The second-order valence-corrected chi connectivity index (χ2v) is 8.75. The number of hydrogen-bond donors (Lipinski definition) is 0. The molecule has 2 atom stereocenters. The maximum atomic E-state index is 13.7. The highest BCUT2D eigenvalue weighted by Gasteiger charge is 2.49. The minimum atomic E-state index is -4.06. The first-order valence-corrected chi connectivity index (χ1v) is 11.2. The molecule has 0 saturated carbocycles. The van der Waals surface area contributed by atoms with Crippen molar-refractivity contribution in [1.82, 2.24) is 0 Å². The molecule has 0 saturated heterocycles. The van der Waals surface area contributed by atoms with E-state index in [1.807, 2.05) is 0 Å². The van der Waals surface area contributed by atoms with Gasteiger partial charge in [0.2, 0.25) is 6.54 Å². The van der Waals surface area contributed by atoms with Gasteiger partial charge in [0.05, 0.1) is 19.1 Å². The number of ketones is 1. The normalized spacial score (nSPS) is 13.6. The second kappa shape index (κ2) is 10.6. The smallest absolute Gasteiger partial charge is 0.308 e. The Bertz CT molecular complexity index is 882. The lowest BCUT2D eigenvalue weighted by Gasteiger charge is -2.30. The van der Waals surface area contributed by atoms with Crippen LogP contribution in [0.2, 0.25) is 5.02 Å². The molecule has 0 unspecified atom stereocenters. The van der Waals surface area contributed by atoms with Crippen molar-refractivity contribution in [3.05, 3.63) is 80.9 Å². The molecular weight excluding hydrogens is 417 g/mol. The van der Waals surface area contributed by atoms with E-state index in [2.05, 4.69) is 0 Å². The summed E-state index contributed by atoms with van der Waals surface area (Å²) in [5.74, 6) is -1.65. The highest BCUT2D eigenvalue weighted by molar-refractivity contribution is 7.56. The zero-order valence-corrected chi connectivity index (χ0v) is 17.8. The molecule has 156 valence electrons. The molecular formula is C20H23ClNO6P. The molecule has 29 heavy (non-hydrogen) atoms. The van der Waals surface area contributed by atoms with Gasteiger partial charge in [0.1, 0.15) is 5.66 Å². The van der Waals surface area contributed by atoms with Crippen LogP contribution in [0.15, 0.2) is 54.6 Å². The van der Waals surface area contributed by atoms with Crippen molar-refractivity contribution in [2.24, 2.45) is 0 Å². The minimum absolute atomic E-state index is 0.0174. The third-order valence-electron chi connectivity index (χ3n) is 4.32. The molecule has 0 fully saturated rings. The number of carbonyl (C=O) groups excluding carboxylic acids is 1. The Morgan fingerprint density at radius 1 is 1.07 bits per heavy atom. The molecule has 2 rings (SSSR count). The van der Waals surface area contributed by atoms with Crippen LogP contribution in [0, 0.1) is 10.1 Å². The summed E-state index contributed by atoms with van der Waals surface area (Å²) in [4.78, 5) is 24.4. The lowest BCUT2D eigenvalue weighted by atomic mass is 9.91. The summed E-state index contributed by atoms with van der Waals surface area (Å²) >= 11 is 6.30. The van der Waals surface area contributed by atoms with E-state index in [1.165, 1.54) is 0 Å². The second-order valence-electron chi connectivity index (χ2n) is 6.19. The van der Waals surface area contributed by atoms with Crippen molar-refractivity contribution in [2.45, 2.75) is 25.4 Å². The average molecular weight is 440 g/mol. The van der Waals surface area contributed by atoms with Crippen LogP contribution in [0.5, 0.6) is 0 Å².